The summed E-state index contributed by atoms with van der Waals surface area (Å²) in [7, 11) is 0. The molecular weight excluding hydrogens is 278 g/mol. The normalized spacial score (nSPS) is 21.5. The van der Waals surface area contributed by atoms with Crippen molar-refractivity contribution in [3.05, 3.63) is 42.0 Å². The number of carbonyl (C=O) groups excluding carboxylic acids is 1. The third kappa shape index (κ3) is 3.17. The number of aromatic nitrogens is 3. The number of aryl methyl sites for hydroxylation is 1. The van der Waals surface area contributed by atoms with E-state index in [1.807, 2.05) is 25.1 Å². The summed E-state index contributed by atoms with van der Waals surface area (Å²) < 4.78 is 1.70. The van der Waals surface area contributed by atoms with Crippen molar-refractivity contribution >= 4 is 5.91 Å². The maximum absolute atomic E-state index is 12.4. The van der Waals surface area contributed by atoms with Crippen molar-refractivity contribution in [2.24, 2.45) is 0 Å². The molecule has 3 rings (SSSR count). The van der Waals surface area contributed by atoms with Crippen LogP contribution in [-0.2, 0) is 0 Å². The van der Waals surface area contributed by atoms with Crippen LogP contribution in [0.2, 0.25) is 0 Å². The minimum absolute atomic E-state index is 0.00709. The van der Waals surface area contributed by atoms with Crippen LogP contribution < -0.4 is 10.6 Å². The van der Waals surface area contributed by atoms with Crippen molar-refractivity contribution in [2.45, 2.75) is 38.8 Å². The zero-order chi connectivity index (χ0) is 15.5. The molecule has 1 aliphatic heterocycles. The number of benzene rings is 1. The number of nitrogens with zero attached hydrogens (tertiary/aromatic N) is 3. The minimum atomic E-state index is -0.00709. The molecule has 1 saturated heterocycles. The fraction of sp³-hybridized carbons (Fsp3) is 0.438. The van der Waals surface area contributed by atoms with Gasteiger partial charge in [0, 0.05) is 17.6 Å². The molecular formula is C16H21N5O. The lowest BCUT2D eigenvalue weighted by Crippen LogP contribution is -2.46. The summed E-state index contributed by atoms with van der Waals surface area (Å²) in [6, 6.07) is 6.35. The molecule has 116 valence electrons. The second-order valence-electron chi connectivity index (χ2n) is 5.89. The van der Waals surface area contributed by atoms with Gasteiger partial charge >= 0.3 is 0 Å². The third-order valence-corrected chi connectivity index (χ3v) is 4.08. The van der Waals surface area contributed by atoms with Gasteiger partial charge in [-0.3, -0.25) is 4.79 Å². The predicted molar refractivity (Wildman–Crippen MR) is 84.0 cm³/mol. The van der Waals surface area contributed by atoms with Crippen LogP contribution in [0.25, 0.3) is 5.69 Å². The average Bonchev–Trinajstić information content (AvgIpc) is 3.01. The molecule has 0 saturated carbocycles. The molecule has 0 aliphatic carbocycles. The molecule has 2 N–H and O–H groups in total. The molecule has 1 fully saturated rings. The van der Waals surface area contributed by atoms with Gasteiger partial charge in [-0.15, -0.1) is 0 Å². The average molecular weight is 299 g/mol. The first kappa shape index (κ1) is 14.7. The Kier molecular flexibility index (Phi) is 4.20. The summed E-state index contributed by atoms with van der Waals surface area (Å²) in [5.41, 5.74) is 2.62. The number of nitrogens with one attached hydrogen (secondary N) is 2. The Balaban J connectivity index is 1.72. The second-order valence-corrected chi connectivity index (χ2v) is 5.89. The molecule has 6 nitrogen and oxygen atoms in total. The maximum Gasteiger partial charge on any atom is 0.251 e. The highest BCUT2D eigenvalue weighted by Crippen LogP contribution is 2.16. The van der Waals surface area contributed by atoms with Gasteiger partial charge in [0.05, 0.1) is 5.69 Å². The number of hydrogen-bond donors (Lipinski definition) is 2. The number of carbonyl (C=O) groups is 1. The monoisotopic (exact) mass is 299 g/mol. The zero-order valence-electron chi connectivity index (χ0n) is 12.9. The zero-order valence-corrected chi connectivity index (χ0v) is 12.9. The molecule has 2 aromatic rings. The Hall–Kier alpha value is -2.21. The van der Waals surface area contributed by atoms with Crippen molar-refractivity contribution < 1.29 is 4.79 Å². The predicted octanol–water partition coefficient (Wildman–Crippen LogP) is 1.45. The van der Waals surface area contributed by atoms with Crippen molar-refractivity contribution in [3.8, 4) is 5.69 Å². The highest BCUT2D eigenvalue weighted by atomic mass is 16.1. The number of hydrogen-bond acceptors (Lipinski definition) is 4. The fourth-order valence-electron chi connectivity index (χ4n) is 2.92. The van der Waals surface area contributed by atoms with Gasteiger partial charge in [0.2, 0.25) is 0 Å². The summed E-state index contributed by atoms with van der Waals surface area (Å²) in [5.74, 6) is -0.00709. The van der Waals surface area contributed by atoms with E-state index in [1.165, 1.54) is 6.33 Å². The first-order chi connectivity index (χ1) is 10.6. The Morgan fingerprint density at radius 2 is 2.32 bits per heavy atom. The Labute approximate surface area is 129 Å². The van der Waals surface area contributed by atoms with E-state index in [0.29, 0.717) is 11.6 Å². The molecule has 2 heterocycles. The molecule has 1 amide bonds. The van der Waals surface area contributed by atoms with Gasteiger partial charge in [-0.05, 0) is 57.0 Å². The van der Waals surface area contributed by atoms with Crippen LogP contribution in [0.3, 0.4) is 0 Å². The minimum Gasteiger partial charge on any atom is -0.349 e. The van der Waals surface area contributed by atoms with E-state index in [1.54, 1.807) is 11.0 Å². The molecule has 6 heteroatoms. The van der Waals surface area contributed by atoms with Gasteiger partial charge in [0.25, 0.3) is 5.91 Å². The summed E-state index contributed by atoms with van der Waals surface area (Å²) >= 11 is 0. The molecule has 1 aliphatic rings. The van der Waals surface area contributed by atoms with Crippen LogP contribution >= 0.6 is 0 Å². The molecule has 1 aromatic carbocycles. The van der Waals surface area contributed by atoms with E-state index in [4.69, 9.17) is 0 Å². The number of piperidine rings is 1. The first-order valence-corrected chi connectivity index (χ1v) is 7.63. The van der Waals surface area contributed by atoms with Gasteiger partial charge in [-0.1, -0.05) is 0 Å². The summed E-state index contributed by atoms with van der Waals surface area (Å²) in [6.07, 6.45) is 5.10. The van der Waals surface area contributed by atoms with Crippen molar-refractivity contribution in [1.29, 1.82) is 0 Å². The molecule has 0 bridgehead atoms. The van der Waals surface area contributed by atoms with Crippen LogP contribution in [0.5, 0.6) is 0 Å². The smallest absolute Gasteiger partial charge is 0.251 e. The molecule has 2 atom stereocenters. The Morgan fingerprint density at radius 1 is 1.45 bits per heavy atom. The topological polar surface area (TPSA) is 71.8 Å². The highest BCUT2D eigenvalue weighted by Gasteiger charge is 2.20. The standard InChI is InChI=1S/C16H21N5O/c1-11-7-13(3-4-15(11)21-10-17-9-19-21)16(22)20-14-5-6-18-12(2)8-14/h3-4,7,9-10,12,14,18H,5-6,8H2,1-2H3,(H,20,22). The van der Waals surface area contributed by atoms with E-state index >= 15 is 0 Å². The van der Waals surface area contributed by atoms with Crippen molar-refractivity contribution in [3.63, 3.8) is 0 Å². The first-order valence-electron chi connectivity index (χ1n) is 7.63. The molecule has 0 radical (unpaired) electrons. The fourth-order valence-corrected chi connectivity index (χ4v) is 2.92. The van der Waals surface area contributed by atoms with E-state index in [-0.39, 0.29) is 11.9 Å². The van der Waals surface area contributed by atoms with E-state index in [0.717, 1.165) is 30.6 Å². The highest BCUT2D eigenvalue weighted by molar-refractivity contribution is 5.94. The summed E-state index contributed by atoms with van der Waals surface area (Å²) in [5, 5.41) is 10.6. The van der Waals surface area contributed by atoms with Gasteiger partial charge in [-0.2, -0.15) is 5.10 Å². The SMILES string of the molecule is Cc1cc(C(=O)NC2CCNC(C)C2)ccc1-n1cncn1. The lowest BCUT2D eigenvalue weighted by molar-refractivity contribution is 0.0925. The maximum atomic E-state index is 12.4. The van der Waals surface area contributed by atoms with Gasteiger partial charge in [0.1, 0.15) is 12.7 Å². The van der Waals surface area contributed by atoms with Gasteiger partial charge in [0.15, 0.2) is 0 Å². The van der Waals surface area contributed by atoms with E-state index in [9.17, 15) is 4.79 Å². The summed E-state index contributed by atoms with van der Waals surface area (Å²) in [4.78, 5) is 16.4. The van der Waals surface area contributed by atoms with E-state index in [2.05, 4.69) is 27.6 Å². The lowest BCUT2D eigenvalue weighted by Gasteiger charge is -2.28. The van der Waals surface area contributed by atoms with Crippen LogP contribution in [0.4, 0.5) is 0 Å². The van der Waals surface area contributed by atoms with Crippen LogP contribution in [0.1, 0.15) is 35.7 Å². The molecule has 22 heavy (non-hydrogen) atoms. The van der Waals surface area contributed by atoms with Gasteiger partial charge in [-0.25, -0.2) is 9.67 Å². The van der Waals surface area contributed by atoms with Crippen LogP contribution in [0, 0.1) is 6.92 Å². The van der Waals surface area contributed by atoms with Crippen LogP contribution in [0.15, 0.2) is 30.9 Å². The largest absolute Gasteiger partial charge is 0.349 e. The quantitative estimate of drug-likeness (QED) is 0.900. The number of rotatable bonds is 3. The number of amides is 1. The van der Waals surface area contributed by atoms with Crippen molar-refractivity contribution in [2.75, 3.05) is 6.54 Å². The molecule has 2 unspecified atom stereocenters. The van der Waals surface area contributed by atoms with Gasteiger partial charge < -0.3 is 10.6 Å². The summed E-state index contributed by atoms with van der Waals surface area (Å²) in [6.45, 7) is 5.08. The third-order valence-electron chi connectivity index (χ3n) is 4.08. The Morgan fingerprint density at radius 3 is 3.00 bits per heavy atom. The molecule has 0 spiro atoms. The second kappa shape index (κ2) is 6.27. The molecule has 1 aromatic heterocycles. The van der Waals surface area contributed by atoms with E-state index < -0.39 is 0 Å². The Bertz CT molecular complexity index is 653. The van der Waals surface area contributed by atoms with Crippen LogP contribution in [-0.4, -0.2) is 39.3 Å². The van der Waals surface area contributed by atoms with Crippen molar-refractivity contribution in [1.82, 2.24) is 25.4 Å². The lowest BCUT2D eigenvalue weighted by atomic mass is 10.00.